The first-order valence-corrected chi connectivity index (χ1v) is 10.5. The molecule has 1 saturated heterocycles. The Kier molecular flexibility index (Phi) is 8.31. The normalized spacial score (nSPS) is 14.9. The quantitative estimate of drug-likeness (QED) is 0.600. The summed E-state index contributed by atoms with van der Waals surface area (Å²) in [7, 11) is 0. The van der Waals surface area contributed by atoms with E-state index in [-0.39, 0.29) is 11.7 Å². The fourth-order valence-corrected chi connectivity index (χ4v) is 3.53. The summed E-state index contributed by atoms with van der Waals surface area (Å²) in [5, 5.41) is 6.18. The van der Waals surface area contributed by atoms with Gasteiger partial charge >= 0.3 is 6.36 Å². The number of amides is 1. The average Bonchev–Trinajstić information content (AvgIpc) is 2.74. The predicted octanol–water partition coefficient (Wildman–Crippen LogP) is 4.69. The van der Waals surface area contributed by atoms with Gasteiger partial charge in [-0.2, -0.15) is 0 Å². The summed E-state index contributed by atoms with van der Waals surface area (Å²) in [6.45, 7) is 4.09. The molecule has 1 fully saturated rings. The first kappa shape index (κ1) is 23.1. The third-order valence-electron chi connectivity index (χ3n) is 5.16. The molecule has 3 rings (SSSR count). The number of carbonyl (C=O) groups excluding carboxylic acids is 1. The maximum absolute atomic E-state index is 12.2. The number of hydrogen-bond acceptors (Lipinski definition) is 4. The molecule has 0 unspecified atom stereocenters. The third kappa shape index (κ3) is 8.59. The van der Waals surface area contributed by atoms with E-state index in [0.29, 0.717) is 19.5 Å². The van der Waals surface area contributed by atoms with Crippen LogP contribution in [0.15, 0.2) is 48.5 Å². The van der Waals surface area contributed by atoms with Crippen LogP contribution in [0.25, 0.3) is 0 Å². The molecule has 1 aliphatic rings. The number of rotatable bonds is 9. The van der Waals surface area contributed by atoms with Crippen molar-refractivity contribution in [2.75, 3.05) is 25.0 Å². The summed E-state index contributed by atoms with van der Waals surface area (Å²) < 4.78 is 40.4. The van der Waals surface area contributed by atoms with Crippen molar-refractivity contribution in [1.29, 1.82) is 0 Å². The van der Waals surface area contributed by atoms with E-state index in [0.717, 1.165) is 36.4 Å². The molecule has 0 aliphatic carbocycles. The molecule has 0 atom stereocenters. The number of piperidine rings is 1. The molecule has 1 amide bonds. The van der Waals surface area contributed by atoms with Crippen LogP contribution in [0.4, 0.5) is 18.9 Å². The monoisotopic (exact) mass is 435 g/mol. The summed E-state index contributed by atoms with van der Waals surface area (Å²) >= 11 is 0. The highest BCUT2D eigenvalue weighted by Crippen LogP contribution is 2.22. The van der Waals surface area contributed by atoms with Gasteiger partial charge in [-0.25, -0.2) is 0 Å². The standard InChI is InChI=1S/C23H28F3N3O2/c24-23(25,26)31-21-10-6-19(7-11-21)17-27-16-18-4-8-20(9-5-18)28-22(30)12-15-29-13-2-1-3-14-29/h4-11,27H,1-3,12-17H2,(H,28,30). The molecule has 2 N–H and O–H groups in total. The smallest absolute Gasteiger partial charge is 0.406 e. The number of carbonyl (C=O) groups is 1. The van der Waals surface area contributed by atoms with Crippen LogP contribution in [0, 0.1) is 0 Å². The summed E-state index contributed by atoms with van der Waals surface area (Å²) in [5.74, 6) is -0.209. The van der Waals surface area contributed by atoms with Gasteiger partial charge in [0.1, 0.15) is 5.75 Å². The third-order valence-corrected chi connectivity index (χ3v) is 5.16. The second-order valence-electron chi connectivity index (χ2n) is 7.69. The van der Waals surface area contributed by atoms with E-state index in [1.165, 1.54) is 31.4 Å². The maximum Gasteiger partial charge on any atom is 0.573 e. The Morgan fingerprint density at radius 1 is 0.903 bits per heavy atom. The van der Waals surface area contributed by atoms with Crippen LogP contribution in [0.1, 0.15) is 36.8 Å². The molecule has 31 heavy (non-hydrogen) atoms. The minimum absolute atomic E-state index is 0.0226. The van der Waals surface area contributed by atoms with Gasteiger partial charge < -0.3 is 20.3 Å². The molecule has 2 aromatic rings. The van der Waals surface area contributed by atoms with E-state index in [4.69, 9.17) is 0 Å². The number of anilines is 1. The minimum Gasteiger partial charge on any atom is -0.406 e. The van der Waals surface area contributed by atoms with Crippen molar-refractivity contribution in [2.45, 2.75) is 45.1 Å². The Labute approximate surface area is 180 Å². The summed E-state index contributed by atoms with van der Waals surface area (Å²) in [5.41, 5.74) is 2.67. The van der Waals surface area contributed by atoms with E-state index >= 15 is 0 Å². The highest BCUT2D eigenvalue weighted by Gasteiger charge is 2.30. The second-order valence-corrected chi connectivity index (χ2v) is 7.69. The predicted molar refractivity (Wildman–Crippen MR) is 114 cm³/mol. The van der Waals surface area contributed by atoms with Crippen molar-refractivity contribution in [1.82, 2.24) is 10.2 Å². The van der Waals surface area contributed by atoms with Crippen molar-refractivity contribution in [3.63, 3.8) is 0 Å². The summed E-state index contributed by atoms with van der Waals surface area (Å²) in [4.78, 5) is 14.5. The number of benzene rings is 2. The van der Waals surface area contributed by atoms with Crippen LogP contribution in [-0.2, 0) is 17.9 Å². The van der Waals surface area contributed by atoms with Crippen molar-refractivity contribution in [2.24, 2.45) is 0 Å². The maximum atomic E-state index is 12.2. The molecule has 0 radical (unpaired) electrons. The molecular formula is C23H28F3N3O2. The molecule has 2 aromatic carbocycles. The number of hydrogen-bond donors (Lipinski definition) is 2. The van der Waals surface area contributed by atoms with Gasteiger partial charge in [0.05, 0.1) is 0 Å². The topological polar surface area (TPSA) is 53.6 Å². The summed E-state index contributed by atoms with van der Waals surface area (Å²) in [6.07, 6.45) is -0.467. The zero-order valence-corrected chi connectivity index (χ0v) is 17.4. The van der Waals surface area contributed by atoms with Gasteiger partial charge in [0, 0.05) is 31.7 Å². The lowest BCUT2D eigenvalue weighted by Gasteiger charge is -2.25. The number of halogens is 3. The number of likely N-dealkylation sites (tertiary alicyclic amines) is 1. The lowest BCUT2D eigenvalue weighted by molar-refractivity contribution is -0.274. The molecule has 0 aromatic heterocycles. The van der Waals surface area contributed by atoms with Gasteiger partial charge in [-0.15, -0.1) is 13.2 Å². The second kappa shape index (κ2) is 11.2. The lowest BCUT2D eigenvalue weighted by atomic mass is 10.1. The number of nitrogens with one attached hydrogen (secondary N) is 2. The number of nitrogens with zero attached hydrogens (tertiary/aromatic N) is 1. The van der Waals surface area contributed by atoms with Crippen LogP contribution < -0.4 is 15.4 Å². The van der Waals surface area contributed by atoms with Gasteiger partial charge in [-0.3, -0.25) is 4.79 Å². The van der Waals surface area contributed by atoms with Gasteiger partial charge in [0.15, 0.2) is 0 Å². The van der Waals surface area contributed by atoms with Gasteiger partial charge in [-0.05, 0) is 61.3 Å². The fraction of sp³-hybridized carbons (Fsp3) is 0.435. The van der Waals surface area contributed by atoms with Gasteiger partial charge in [0.25, 0.3) is 0 Å². The van der Waals surface area contributed by atoms with Crippen LogP contribution in [0.3, 0.4) is 0 Å². The molecule has 5 nitrogen and oxygen atoms in total. The Hall–Kier alpha value is -2.58. The van der Waals surface area contributed by atoms with Crippen LogP contribution >= 0.6 is 0 Å². The molecular weight excluding hydrogens is 407 g/mol. The van der Waals surface area contributed by atoms with E-state index < -0.39 is 6.36 Å². The number of ether oxygens (including phenoxy) is 1. The van der Waals surface area contributed by atoms with Crippen molar-refractivity contribution >= 4 is 11.6 Å². The lowest BCUT2D eigenvalue weighted by Crippen LogP contribution is -2.32. The Balaban J connectivity index is 1.36. The molecule has 8 heteroatoms. The summed E-state index contributed by atoms with van der Waals surface area (Å²) in [6, 6.07) is 13.4. The van der Waals surface area contributed by atoms with E-state index in [1.807, 2.05) is 24.3 Å². The first-order chi connectivity index (χ1) is 14.9. The highest BCUT2D eigenvalue weighted by molar-refractivity contribution is 5.90. The molecule has 168 valence electrons. The highest BCUT2D eigenvalue weighted by atomic mass is 19.4. The SMILES string of the molecule is O=C(CCN1CCCCC1)Nc1ccc(CNCc2ccc(OC(F)(F)F)cc2)cc1. The Morgan fingerprint density at radius 3 is 2.06 bits per heavy atom. The number of alkyl halides is 3. The molecule has 0 spiro atoms. The van der Waals surface area contributed by atoms with Crippen LogP contribution in [0.5, 0.6) is 5.75 Å². The van der Waals surface area contributed by atoms with E-state index in [9.17, 15) is 18.0 Å². The molecule has 0 bridgehead atoms. The van der Waals surface area contributed by atoms with E-state index in [1.54, 1.807) is 12.1 Å². The minimum atomic E-state index is -4.68. The zero-order chi connectivity index (χ0) is 22.1. The van der Waals surface area contributed by atoms with Crippen LogP contribution in [0.2, 0.25) is 0 Å². The van der Waals surface area contributed by atoms with Crippen molar-refractivity contribution < 1.29 is 22.7 Å². The molecule has 1 aliphatic heterocycles. The van der Waals surface area contributed by atoms with Gasteiger partial charge in [0.2, 0.25) is 5.91 Å². The average molecular weight is 435 g/mol. The first-order valence-electron chi connectivity index (χ1n) is 10.5. The zero-order valence-electron chi connectivity index (χ0n) is 17.4. The van der Waals surface area contributed by atoms with Crippen molar-refractivity contribution in [3.8, 4) is 5.75 Å². The molecule has 1 heterocycles. The van der Waals surface area contributed by atoms with Crippen molar-refractivity contribution in [3.05, 3.63) is 59.7 Å². The largest absolute Gasteiger partial charge is 0.573 e. The molecule has 0 saturated carbocycles. The van der Waals surface area contributed by atoms with E-state index in [2.05, 4.69) is 20.3 Å². The van der Waals surface area contributed by atoms with Gasteiger partial charge in [-0.1, -0.05) is 30.7 Å². The Bertz CT molecular complexity index is 817. The van der Waals surface area contributed by atoms with Crippen LogP contribution in [-0.4, -0.2) is 36.8 Å². The fourth-order valence-electron chi connectivity index (χ4n) is 3.53. The Morgan fingerprint density at radius 2 is 1.48 bits per heavy atom.